The average Bonchev–Trinajstić information content (AvgIpc) is 2.82. The summed E-state index contributed by atoms with van der Waals surface area (Å²) in [5.41, 5.74) is 3.00. The van der Waals surface area contributed by atoms with Gasteiger partial charge in [0.2, 0.25) is 0 Å². The summed E-state index contributed by atoms with van der Waals surface area (Å²) < 4.78 is 1.71. The molecule has 2 heterocycles. The van der Waals surface area contributed by atoms with Gasteiger partial charge in [-0.25, -0.2) is 4.98 Å². The number of benzene rings is 1. The van der Waals surface area contributed by atoms with Gasteiger partial charge in [0, 0.05) is 23.7 Å². The van der Waals surface area contributed by atoms with Crippen molar-refractivity contribution < 1.29 is 4.79 Å². The molecule has 0 radical (unpaired) electrons. The summed E-state index contributed by atoms with van der Waals surface area (Å²) in [7, 11) is 1.83. The Balaban J connectivity index is 1.86. The fraction of sp³-hybridized carbons (Fsp3) is 0.235. The van der Waals surface area contributed by atoms with Gasteiger partial charge in [0.15, 0.2) is 5.65 Å². The minimum absolute atomic E-state index is 0.185. The third-order valence-corrected chi connectivity index (χ3v) is 4.19. The zero-order valence-corrected chi connectivity index (χ0v) is 13.9. The van der Waals surface area contributed by atoms with Gasteiger partial charge in [0.05, 0.1) is 17.3 Å². The summed E-state index contributed by atoms with van der Waals surface area (Å²) >= 11 is 6.18. The van der Waals surface area contributed by atoms with Crippen molar-refractivity contribution in [1.29, 1.82) is 0 Å². The van der Waals surface area contributed by atoms with Crippen LogP contribution in [0.15, 0.2) is 36.5 Å². The standard InChI is InChI=1S/C17H17ClN4O/c1-10(13-6-4-5-7-15(13)18)20-17(23)12-8-14-11(2)21-22(3)16(14)19-9-12/h4-10H,1-3H3,(H,20,23). The molecular formula is C17H17ClN4O. The zero-order valence-electron chi connectivity index (χ0n) is 13.2. The quantitative estimate of drug-likeness (QED) is 0.801. The average molecular weight is 329 g/mol. The Morgan fingerprint density at radius 2 is 2.09 bits per heavy atom. The van der Waals surface area contributed by atoms with E-state index < -0.39 is 0 Å². The van der Waals surface area contributed by atoms with E-state index in [0.29, 0.717) is 10.6 Å². The number of halogens is 1. The number of amides is 1. The molecule has 0 saturated carbocycles. The number of carbonyl (C=O) groups is 1. The molecule has 0 spiro atoms. The van der Waals surface area contributed by atoms with Gasteiger partial charge in [-0.05, 0) is 31.5 Å². The van der Waals surface area contributed by atoms with Crippen molar-refractivity contribution >= 4 is 28.5 Å². The highest BCUT2D eigenvalue weighted by Gasteiger charge is 2.16. The second-order valence-corrected chi connectivity index (χ2v) is 5.93. The fourth-order valence-electron chi connectivity index (χ4n) is 2.62. The molecule has 1 N–H and O–H groups in total. The first kappa shape index (κ1) is 15.5. The van der Waals surface area contributed by atoms with Crippen molar-refractivity contribution in [2.75, 3.05) is 0 Å². The van der Waals surface area contributed by atoms with Gasteiger partial charge in [-0.3, -0.25) is 9.48 Å². The maximum atomic E-state index is 12.5. The molecule has 0 aliphatic heterocycles. The number of hydrogen-bond acceptors (Lipinski definition) is 3. The predicted octanol–water partition coefficient (Wildman–Crippen LogP) is 3.42. The predicted molar refractivity (Wildman–Crippen MR) is 90.6 cm³/mol. The maximum Gasteiger partial charge on any atom is 0.253 e. The van der Waals surface area contributed by atoms with E-state index in [1.54, 1.807) is 10.9 Å². The lowest BCUT2D eigenvalue weighted by molar-refractivity contribution is 0.0939. The first-order chi connectivity index (χ1) is 11.0. The smallest absolute Gasteiger partial charge is 0.253 e. The fourth-order valence-corrected chi connectivity index (χ4v) is 2.92. The highest BCUT2D eigenvalue weighted by atomic mass is 35.5. The van der Waals surface area contributed by atoms with E-state index in [-0.39, 0.29) is 11.9 Å². The molecule has 2 aromatic heterocycles. The zero-order chi connectivity index (χ0) is 16.6. The lowest BCUT2D eigenvalue weighted by Crippen LogP contribution is -2.26. The van der Waals surface area contributed by atoms with Crippen molar-refractivity contribution in [1.82, 2.24) is 20.1 Å². The van der Waals surface area contributed by atoms with Crippen LogP contribution in [-0.2, 0) is 7.05 Å². The number of rotatable bonds is 3. The number of aryl methyl sites for hydroxylation is 2. The molecule has 6 heteroatoms. The summed E-state index contributed by atoms with van der Waals surface area (Å²) in [4.78, 5) is 16.8. The number of nitrogens with one attached hydrogen (secondary N) is 1. The van der Waals surface area contributed by atoms with Gasteiger partial charge in [0.1, 0.15) is 0 Å². The number of fused-ring (bicyclic) bond motifs is 1. The third kappa shape index (κ3) is 2.92. The lowest BCUT2D eigenvalue weighted by Gasteiger charge is -2.15. The van der Waals surface area contributed by atoms with E-state index in [0.717, 1.165) is 22.3 Å². The number of hydrogen-bond donors (Lipinski definition) is 1. The van der Waals surface area contributed by atoms with Crippen molar-refractivity contribution in [2.24, 2.45) is 7.05 Å². The number of pyridine rings is 1. The summed E-state index contributed by atoms with van der Waals surface area (Å²) in [6.45, 7) is 3.80. The Kier molecular flexibility index (Phi) is 4.05. The van der Waals surface area contributed by atoms with Gasteiger partial charge >= 0.3 is 0 Å². The van der Waals surface area contributed by atoms with Crippen molar-refractivity contribution in [2.45, 2.75) is 19.9 Å². The molecule has 5 nitrogen and oxygen atoms in total. The van der Waals surface area contributed by atoms with Gasteiger partial charge in [-0.15, -0.1) is 0 Å². The lowest BCUT2D eigenvalue weighted by atomic mass is 10.1. The normalized spacial score (nSPS) is 12.3. The monoisotopic (exact) mass is 328 g/mol. The third-order valence-electron chi connectivity index (χ3n) is 3.84. The van der Waals surface area contributed by atoms with Crippen molar-refractivity contribution in [3.05, 3.63) is 58.4 Å². The van der Waals surface area contributed by atoms with Crippen LogP contribution in [0.4, 0.5) is 0 Å². The molecule has 1 unspecified atom stereocenters. The van der Waals surface area contributed by atoms with E-state index in [1.807, 2.05) is 51.2 Å². The van der Waals surface area contributed by atoms with E-state index in [1.165, 1.54) is 0 Å². The Bertz CT molecular complexity index is 887. The summed E-state index contributed by atoms with van der Waals surface area (Å²) in [5, 5.41) is 8.79. The first-order valence-corrected chi connectivity index (χ1v) is 7.70. The van der Waals surface area contributed by atoms with Crippen LogP contribution in [0, 0.1) is 6.92 Å². The molecule has 0 aliphatic carbocycles. The molecule has 3 rings (SSSR count). The molecule has 118 valence electrons. The topological polar surface area (TPSA) is 59.8 Å². The largest absolute Gasteiger partial charge is 0.345 e. The van der Waals surface area contributed by atoms with Crippen LogP contribution in [0.1, 0.15) is 34.6 Å². The van der Waals surface area contributed by atoms with Crippen LogP contribution in [0.25, 0.3) is 11.0 Å². The minimum Gasteiger partial charge on any atom is -0.345 e. The second kappa shape index (κ2) is 6.01. The van der Waals surface area contributed by atoms with Crippen LogP contribution < -0.4 is 5.32 Å². The molecule has 0 saturated heterocycles. The van der Waals surface area contributed by atoms with Crippen molar-refractivity contribution in [3.63, 3.8) is 0 Å². The Morgan fingerprint density at radius 3 is 2.83 bits per heavy atom. The molecular weight excluding hydrogens is 312 g/mol. The van der Waals surface area contributed by atoms with Crippen molar-refractivity contribution in [3.8, 4) is 0 Å². The van der Waals surface area contributed by atoms with Crippen LogP contribution in [0.5, 0.6) is 0 Å². The SMILES string of the molecule is Cc1nn(C)c2ncc(C(=O)NC(C)c3ccccc3Cl)cc12. The van der Waals surface area contributed by atoms with Crippen LogP contribution in [0.3, 0.4) is 0 Å². The Hall–Kier alpha value is -2.40. The molecule has 0 fully saturated rings. The van der Waals surface area contributed by atoms with Gasteiger partial charge < -0.3 is 5.32 Å². The van der Waals surface area contributed by atoms with Crippen LogP contribution >= 0.6 is 11.6 Å². The maximum absolute atomic E-state index is 12.5. The van der Waals surface area contributed by atoms with E-state index in [4.69, 9.17) is 11.6 Å². The molecule has 3 aromatic rings. The molecule has 0 aliphatic rings. The Labute approximate surface area is 139 Å². The highest BCUT2D eigenvalue weighted by molar-refractivity contribution is 6.31. The second-order valence-electron chi connectivity index (χ2n) is 5.52. The van der Waals surface area contributed by atoms with Gasteiger partial charge in [0.25, 0.3) is 5.91 Å². The van der Waals surface area contributed by atoms with Crippen LogP contribution in [-0.4, -0.2) is 20.7 Å². The van der Waals surface area contributed by atoms with Gasteiger partial charge in [-0.2, -0.15) is 5.10 Å². The van der Waals surface area contributed by atoms with E-state index >= 15 is 0 Å². The molecule has 1 aromatic carbocycles. The van der Waals surface area contributed by atoms with Crippen LogP contribution in [0.2, 0.25) is 5.02 Å². The van der Waals surface area contributed by atoms with Gasteiger partial charge in [-0.1, -0.05) is 29.8 Å². The summed E-state index contributed by atoms with van der Waals surface area (Å²) in [6.07, 6.45) is 1.57. The number of aromatic nitrogens is 3. The Morgan fingerprint density at radius 1 is 1.35 bits per heavy atom. The summed E-state index contributed by atoms with van der Waals surface area (Å²) in [5.74, 6) is -0.185. The molecule has 1 amide bonds. The number of carbonyl (C=O) groups excluding carboxylic acids is 1. The highest BCUT2D eigenvalue weighted by Crippen LogP contribution is 2.23. The minimum atomic E-state index is -0.193. The van der Waals surface area contributed by atoms with E-state index in [9.17, 15) is 4.79 Å². The molecule has 23 heavy (non-hydrogen) atoms. The number of nitrogens with zero attached hydrogens (tertiary/aromatic N) is 3. The van der Waals surface area contributed by atoms with E-state index in [2.05, 4.69) is 15.4 Å². The molecule has 0 bridgehead atoms. The molecule has 1 atom stereocenters. The first-order valence-electron chi connectivity index (χ1n) is 7.32. The summed E-state index contributed by atoms with van der Waals surface area (Å²) in [6, 6.07) is 9.10.